The molecule has 2 aromatic heterocycles. The molecule has 2 aliphatic rings. The Hall–Kier alpha value is -1.24. The molecule has 2 aromatic rings. The molecule has 124 valence electrons. The highest BCUT2D eigenvalue weighted by Gasteiger charge is 2.33. The third-order valence-electron chi connectivity index (χ3n) is 4.82. The number of thiophene rings is 1. The van der Waals surface area contributed by atoms with Gasteiger partial charge in [0.05, 0.1) is 18.3 Å². The van der Waals surface area contributed by atoms with Crippen molar-refractivity contribution in [2.24, 2.45) is 5.92 Å². The van der Waals surface area contributed by atoms with Crippen LogP contribution in [0, 0.1) is 5.92 Å². The fourth-order valence-electron chi connectivity index (χ4n) is 3.30. The molecule has 0 bridgehead atoms. The van der Waals surface area contributed by atoms with Gasteiger partial charge >= 0.3 is 0 Å². The summed E-state index contributed by atoms with van der Waals surface area (Å²) in [5.74, 6) is 0.801. The zero-order valence-electron chi connectivity index (χ0n) is 13.6. The SMILES string of the molecule is CCn1nnc2c1CCN(Cc1cccs1)[C@@H]2COCC1CC1. The van der Waals surface area contributed by atoms with Gasteiger partial charge in [-0.25, -0.2) is 4.68 Å². The second-order valence-electron chi connectivity index (χ2n) is 6.53. The quantitative estimate of drug-likeness (QED) is 0.782. The number of aromatic nitrogens is 3. The summed E-state index contributed by atoms with van der Waals surface area (Å²) in [6.07, 6.45) is 3.70. The Bertz CT molecular complexity index is 635. The minimum atomic E-state index is 0.236. The van der Waals surface area contributed by atoms with Crippen LogP contribution in [0.4, 0.5) is 0 Å². The van der Waals surface area contributed by atoms with Gasteiger partial charge in [0.2, 0.25) is 0 Å². The molecule has 1 saturated carbocycles. The van der Waals surface area contributed by atoms with Gasteiger partial charge in [-0.05, 0) is 37.1 Å². The summed E-state index contributed by atoms with van der Waals surface area (Å²) >= 11 is 1.82. The van der Waals surface area contributed by atoms with Crippen LogP contribution in [-0.4, -0.2) is 39.7 Å². The van der Waals surface area contributed by atoms with E-state index in [1.54, 1.807) is 0 Å². The van der Waals surface area contributed by atoms with Crippen LogP contribution in [-0.2, 0) is 24.2 Å². The van der Waals surface area contributed by atoms with Crippen molar-refractivity contribution in [1.29, 1.82) is 0 Å². The largest absolute Gasteiger partial charge is 0.379 e. The number of fused-ring (bicyclic) bond motifs is 1. The van der Waals surface area contributed by atoms with Crippen LogP contribution in [0.15, 0.2) is 17.5 Å². The first-order chi connectivity index (χ1) is 11.3. The Morgan fingerprint density at radius 1 is 1.35 bits per heavy atom. The minimum Gasteiger partial charge on any atom is -0.379 e. The van der Waals surface area contributed by atoms with Crippen LogP contribution in [0.5, 0.6) is 0 Å². The first-order valence-electron chi connectivity index (χ1n) is 8.61. The first-order valence-corrected chi connectivity index (χ1v) is 9.49. The maximum atomic E-state index is 6.03. The smallest absolute Gasteiger partial charge is 0.105 e. The number of rotatable bonds is 7. The van der Waals surface area contributed by atoms with E-state index in [4.69, 9.17) is 4.74 Å². The Balaban J connectivity index is 1.52. The van der Waals surface area contributed by atoms with Gasteiger partial charge in [0.1, 0.15) is 5.69 Å². The lowest BCUT2D eigenvalue weighted by molar-refractivity contribution is 0.0429. The second kappa shape index (κ2) is 6.71. The van der Waals surface area contributed by atoms with E-state index in [-0.39, 0.29) is 6.04 Å². The van der Waals surface area contributed by atoms with Crippen molar-refractivity contribution in [2.45, 2.75) is 45.3 Å². The topological polar surface area (TPSA) is 43.2 Å². The molecule has 1 aliphatic carbocycles. The van der Waals surface area contributed by atoms with Crippen molar-refractivity contribution < 1.29 is 4.74 Å². The fourth-order valence-corrected chi connectivity index (χ4v) is 4.03. The average molecular weight is 332 g/mol. The van der Waals surface area contributed by atoms with Gasteiger partial charge in [0.25, 0.3) is 0 Å². The lowest BCUT2D eigenvalue weighted by Crippen LogP contribution is -2.38. The molecule has 0 N–H and O–H groups in total. The van der Waals surface area contributed by atoms with Gasteiger partial charge in [0, 0.05) is 37.5 Å². The Morgan fingerprint density at radius 2 is 2.26 bits per heavy atom. The van der Waals surface area contributed by atoms with Gasteiger partial charge in [-0.15, -0.1) is 16.4 Å². The van der Waals surface area contributed by atoms with Crippen molar-refractivity contribution in [2.75, 3.05) is 19.8 Å². The van der Waals surface area contributed by atoms with Crippen molar-refractivity contribution in [3.8, 4) is 0 Å². The highest BCUT2D eigenvalue weighted by molar-refractivity contribution is 7.09. The molecular weight excluding hydrogens is 308 g/mol. The highest BCUT2D eigenvalue weighted by Crippen LogP contribution is 2.32. The molecule has 0 aromatic carbocycles. The second-order valence-corrected chi connectivity index (χ2v) is 7.57. The summed E-state index contributed by atoms with van der Waals surface area (Å²) in [4.78, 5) is 3.92. The summed E-state index contributed by atoms with van der Waals surface area (Å²) < 4.78 is 8.08. The van der Waals surface area contributed by atoms with E-state index in [0.29, 0.717) is 0 Å². The van der Waals surface area contributed by atoms with Crippen LogP contribution < -0.4 is 0 Å². The Morgan fingerprint density at radius 3 is 3.00 bits per heavy atom. The van der Waals surface area contributed by atoms with Crippen molar-refractivity contribution >= 4 is 11.3 Å². The Labute approximate surface area is 141 Å². The normalized spacial score (nSPS) is 21.5. The number of hydrogen-bond acceptors (Lipinski definition) is 5. The van der Waals surface area contributed by atoms with E-state index < -0.39 is 0 Å². The van der Waals surface area contributed by atoms with E-state index in [0.717, 1.165) is 50.9 Å². The van der Waals surface area contributed by atoms with Crippen LogP contribution in [0.25, 0.3) is 0 Å². The van der Waals surface area contributed by atoms with Crippen LogP contribution in [0.1, 0.15) is 42.1 Å². The highest BCUT2D eigenvalue weighted by atomic mass is 32.1. The summed E-state index contributed by atoms with van der Waals surface area (Å²) in [6.45, 7) is 6.69. The van der Waals surface area contributed by atoms with E-state index in [1.165, 1.54) is 23.4 Å². The third kappa shape index (κ3) is 3.34. The molecule has 0 amide bonds. The van der Waals surface area contributed by atoms with Crippen LogP contribution in [0.3, 0.4) is 0 Å². The molecular formula is C17H24N4OS. The van der Waals surface area contributed by atoms with Gasteiger partial charge < -0.3 is 4.74 Å². The molecule has 0 saturated heterocycles. The summed E-state index contributed by atoms with van der Waals surface area (Å²) in [5.41, 5.74) is 2.43. The molecule has 0 spiro atoms. The number of hydrogen-bond donors (Lipinski definition) is 0. The molecule has 1 fully saturated rings. The summed E-state index contributed by atoms with van der Waals surface area (Å²) in [5, 5.41) is 11.0. The summed E-state index contributed by atoms with van der Waals surface area (Å²) in [7, 11) is 0. The molecule has 5 nitrogen and oxygen atoms in total. The monoisotopic (exact) mass is 332 g/mol. The van der Waals surface area contributed by atoms with Gasteiger partial charge in [-0.3, -0.25) is 4.90 Å². The maximum Gasteiger partial charge on any atom is 0.105 e. The molecule has 4 rings (SSSR count). The van der Waals surface area contributed by atoms with Gasteiger partial charge in [-0.1, -0.05) is 11.3 Å². The number of ether oxygens (including phenoxy) is 1. The van der Waals surface area contributed by atoms with Crippen molar-refractivity contribution in [1.82, 2.24) is 19.9 Å². The zero-order chi connectivity index (χ0) is 15.6. The lowest BCUT2D eigenvalue weighted by Gasteiger charge is -2.34. The average Bonchev–Trinajstić information content (AvgIpc) is 3.08. The minimum absolute atomic E-state index is 0.236. The third-order valence-corrected chi connectivity index (χ3v) is 5.69. The fraction of sp³-hybridized carbons (Fsp3) is 0.647. The molecule has 0 radical (unpaired) electrons. The van der Waals surface area contributed by atoms with E-state index in [9.17, 15) is 0 Å². The summed E-state index contributed by atoms with van der Waals surface area (Å²) in [6, 6.07) is 4.58. The van der Waals surface area contributed by atoms with Crippen molar-refractivity contribution in [3.05, 3.63) is 33.8 Å². The van der Waals surface area contributed by atoms with E-state index in [2.05, 4.69) is 39.6 Å². The van der Waals surface area contributed by atoms with E-state index >= 15 is 0 Å². The number of nitrogens with zero attached hydrogens (tertiary/aromatic N) is 4. The van der Waals surface area contributed by atoms with Gasteiger partial charge in [0.15, 0.2) is 0 Å². The standard InChI is InChI=1S/C17H24N4OS/c1-2-21-15-7-8-20(10-14-4-3-9-23-14)16(17(15)18-19-21)12-22-11-13-5-6-13/h3-4,9,13,16H,2,5-8,10-12H2,1H3/t16-/m1/s1. The molecule has 0 unspecified atom stereocenters. The number of aryl methyl sites for hydroxylation is 1. The molecule has 6 heteroatoms. The lowest BCUT2D eigenvalue weighted by atomic mass is 10.0. The van der Waals surface area contributed by atoms with Gasteiger partial charge in [-0.2, -0.15) is 0 Å². The van der Waals surface area contributed by atoms with E-state index in [1.807, 2.05) is 16.0 Å². The maximum absolute atomic E-state index is 6.03. The molecule has 3 heterocycles. The van der Waals surface area contributed by atoms with Crippen molar-refractivity contribution in [3.63, 3.8) is 0 Å². The van der Waals surface area contributed by atoms with Crippen LogP contribution >= 0.6 is 11.3 Å². The first kappa shape index (κ1) is 15.3. The molecule has 1 aliphatic heterocycles. The zero-order valence-corrected chi connectivity index (χ0v) is 14.5. The predicted molar refractivity (Wildman–Crippen MR) is 90.4 cm³/mol. The molecule has 23 heavy (non-hydrogen) atoms. The predicted octanol–water partition coefficient (Wildman–Crippen LogP) is 2.89. The molecule has 1 atom stereocenters. The Kier molecular flexibility index (Phi) is 4.46. The van der Waals surface area contributed by atoms with Crippen LogP contribution in [0.2, 0.25) is 0 Å².